The average Bonchev–Trinajstić information content (AvgIpc) is 2.82. The Balaban J connectivity index is 1.96. The summed E-state index contributed by atoms with van der Waals surface area (Å²) in [5, 5.41) is 0. The van der Waals surface area contributed by atoms with Gasteiger partial charge < -0.3 is 9.64 Å². The van der Waals surface area contributed by atoms with Crippen LogP contribution in [0.5, 0.6) is 0 Å². The first-order valence-corrected chi connectivity index (χ1v) is 8.18. The van der Waals surface area contributed by atoms with Gasteiger partial charge in [-0.25, -0.2) is 4.39 Å². The Morgan fingerprint density at radius 3 is 2.79 bits per heavy atom. The van der Waals surface area contributed by atoms with Gasteiger partial charge in [-0.15, -0.1) is 0 Å². The Morgan fingerprint density at radius 2 is 2.04 bits per heavy atom. The van der Waals surface area contributed by atoms with Gasteiger partial charge in [0, 0.05) is 24.7 Å². The molecular formula is C20H20FNO2. The lowest BCUT2D eigenvalue weighted by Gasteiger charge is -2.48. The third-order valence-corrected chi connectivity index (χ3v) is 5.23. The molecule has 0 aromatic heterocycles. The van der Waals surface area contributed by atoms with E-state index in [4.69, 9.17) is 4.74 Å². The number of hydrogen-bond acceptors (Lipinski definition) is 3. The molecule has 3 nitrogen and oxygen atoms in total. The van der Waals surface area contributed by atoms with E-state index < -0.39 is 11.6 Å². The van der Waals surface area contributed by atoms with E-state index in [9.17, 15) is 9.18 Å². The van der Waals surface area contributed by atoms with Crippen molar-refractivity contribution in [3.05, 3.63) is 64.5 Å². The maximum Gasteiger partial charge on any atom is 0.162 e. The van der Waals surface area contributed by atoms with Gasteiger partial charge in [0.25, 0.3) is 0 Å². The van der Waals surface area contributed by atoms with Crippen LogP contribution >= 0.6 is 0 Å². The molecule has 2 unspecified atom stereocenters. The lowest BCUT2D eigenvalue weighted by molar-refractivity contribution is -0.130. The van der Waals surface area contributed by atoms with E-state index in [2.05, 4.69) is 6.08 Å². The summed E-state index contributed by atoms with van der Waals surface area (Å²) in [6.45, 7) is 4.48. The van der Waals surface area contributed by atoms with Crippen molar-refractivity contribution in [3.8, 4) is 0 Å². The quantitative estimate of drug-likeness (QED) is 0.740. The average molecular weight is 325 g/mol. The largest absolute Gasteiger partial charge is 0.361 e. The second kappa shape index (κ2) is 5.15. The van der Waals surface area contributed by atoms with Crippen LogP contribution < -0.4 is 0 Å². The van der Waals surface area contributed by atoms with Crippen molar-refractivity contribution in [2.75, 3.05) is 13.7 Å². The van der Waals surface area contributed by atoms with Crippen LogP contribution in [0.4, 0.5) is 4.39 Å². The molecule has 2 aliphatic heterocycles. The minimum atomic E-state index is -0.729. The molecule has 2 heterocycles. The molecule has 0 amide bonds. The first-order valence-electron chi connectivity index (χ1n) is 8.18. The van der Waals surface area contributed by atoms with Gasteiger partial charge in [0.15, 0.2) is 5.78 Å². The van der Waals surface area contributed by atoms with Crippen LogP contribution in [-0.4, -0.2) is 36.0 Å². The molecular weight excluding hydrogens is 305 g/mol. The van der Waals surface area contributed by atoms with Crippen molar-refractivity contribution >= 4 is 11.5 Å². The molecule has 124 valence electrons. The molecule has 3 aliphatic rings. The number of Topliss-reactive ketones (excluding diaryl/α,β-unsaturated/α-hetero) is 1. The maximum atomic E-state index is 14.4. The summed E-state index contributed by atoms with van der Waals surface area (Å²) in [7, 11) is 1.85. The van der Waals surface area contributed by atoms with E-state index in [0.717, 1.165) is 22.4 Å². The van der Waals surface area contributed by atoms with Gasteiger partial charge in [-0.3, -0.25) is 4.79 Å². The van der Waals surface area contributed by atoms with Gasteiger partial charge >= 0.3 is 0 Å². The fraction of sp³-hybridized carbons (Fsp3) is 0.350. The Kier molecular flexibility index (Phi) is 3.29. The molecule has 0 saturated heterocycles. The third-order valence-electron chi connectivity index (χ3n) is 5.23. The fourth-order valence-corrected chi connectivity index (χ4v) is 4.22. The standard InChI is InChI=1S/C20H20FNO2/c1-12-8-18(23)19-20(10-12)15(13(2)11-24-20)9-17(22(19)3)14-6-4-5-7-16(14)21/h4-7,9-10,19H,8,11H2,1-3H3. The molecule has 1 spiro atoms. The number of carbonyl (C=O) groups excluding carboxylic acids is 1. The molecule has 24 heavy (non-hydrogen) atoms. The minimum Gasteiger partial charge on any atom is -0.361 e. The van der Waals surface area contributed by atoms with Crippen LogP contribution in [0.15, 0.2) is 53.1 Å². The van der Waals surface area contributed by atoms with Gasteiger partial charge in [-0.1, -0.05) is 17.7 Å². The van der Waals surface area contributed by atoms with Crippen LogP contribution in [0.2, 0.25) is 0 Å². The maximum absolute atomic E-state index is 14.4. The molecule has 0 bridgehead atoms. The molecule has 1 aromatic rings. The van der Waals surface area contributed by atoms with Gasteiger partial charge in [-0.05, 0) is 49.3 Å². The summed E-state index contributed by atoms with van der Waals surface area (Å²) >= 11 is 0. The number of nitrogens with zero attached hydrogens (tertiary/aromatic N) is 1. The number of ketones is 1. The second-order valence-electron chi connectivity index (χ2n) is 6.93. The van der Waals surface area contributed by atoms with Crippen molar-refractivity contribution in [1.29, 1.82) is 0 Å². The smallest absolute Gasteiger partial charge is 0.162 e. The number of benzene rings is 1. The van der Waals surface area contributed by atoms with E-state index >= 15 is 0 Å². The molecule has 0 radical (unpaired) electrons. The molecule has 0 N–H and O–H groups in total. The summed E-state index contributed by atoms with van der Waals surface area (Å²) in [6, 6.07) is 6.24. The Bertz CT molecular complexity index is 836. The highest BCUT2D eigenvalue weighted by Gasteiger charge is 2.55. The van der Waals surface area contributed by atoms with Crippen LogP contribution in [0.1, 0.15) is 25.8 Å². The number of rotatable bonds is 1. The minimum absolute atomic E-state index is 0.117. The Labute approximate surface area is 141 Å². The zero-order chi connectivity index (χ0) is 17.1. The fourth-order valence-electron chi connectivity index (χ4n) is 4.22. The van der Waals surface area contributed by atoms with Gasteiger partial charge in [0.05, 0.1) is 6.61 Å². The number of likely N-dealkylation sites (N-methyl/N-ethyl adjacent to an activating group) is 1. The predicted octanol–water partition coefficient (Wildman–Crippen LogP) is 3.49. The highest BCUT2D eigenvalue weighted by Crippen LogP contribution is 2.48. The van der Waals surface area contributed by atoms with E-state index in [1.807, 2.05) is 37.9 Å². The van der Waals surface area contributed by atoms with Crippen molar-refractivity contribution in [2.45, 2.75) is 31.9 Å². The normalized spacial score (nSPS) is 29.2. The number of ether oxygens (including phenoxy) is 1. The first-order chi connectivity index (χ1) is 11.4. The molecule has 0 fully saturated rings. The topological polar surface area (TPSA) is 29.5 Å². The molecule has 0 saturated carbocycles. The van der Waals surface area contributed by atoms with Crippen molar-refractivity contribution in [2.24, 2.45) is 0 Å². The van der Waals surface area contributed by atoms with E-state index in [0.29, 0.717) is 18.6 Å². The number of halogens is 1. The van der Waals surface area contributed by atoms with E-state index in [1.54, 1.807) is 12.1 Å². The molecule has 4 rings (SSSR count). The summed E-state index contributed by atoms with van der Waals surface area (Å²) in [6.07, 6.45) is 4.48. The molecule has 4 heteroatoms. The third kappa shape index (κ3) is 1.96. The van der Waals surface area contributed by atoms with Crippen LogP contribution in [0.3, 0.4) is 0 Å². The zero-order valence-electron chi connectivity index (χ0n) is 14.1. The van der Waals surface area contributed by atoms with Crippen molar-refractivity contribution in [1.82, 2.24) is 4.90 Å². The second-order valence-corrected chi connectivity index (χ2v) is 6.93. The highest BCUT2D eigenvalue weighted by atomic mass is 19.1. The highest BCUT2D eigenvalue weighted by molar-refractivity contribution is 5.94. The Morgan fingerprint density at radius 1 is 1.29 bits per heavy atom. The Hall–Kier alpha value is -2.20. The first kappa shape index (κ1) is 15.3. The molecule has 1 aromatic carbocycles. The number of hydrogen-bond donors (Lipinski definition) is 0. The van der Waals surface area contributed by atoms with Gasteiger partial charge in [-0.2, -0.15) is 0 Å². The van der Waals surface area contributed by atoms with Crippen molar-refractivity contribution < 1.29 is 13.9 Å². The van der Waals surface area contributed by atoms with Crippen LogP contribution in [0, 0.1) is 5.82 Å². The lowest BCUT2D eigenvalue weighted by atomic mass is 9.73. The SMILES string of the molecule is CC1=CC23OCC(C)=C2C=C(c2ccccc2F)N(C)C3C(=O)C1. The molecule has 1 aliphatic carbocycles. The predicted molar refractivity (Wildman–Crippen MR) is 90.7 cm³/mol. The zero-order valence-corrected chi connectivity index (χ0v) is 14.1. The summed E-state index contributed by atoms with van der Waals surface area (Å²) < 4.78 is 20.5. The van der Waals surface area contributed by atoms with E-state index in [-0.39, 0.29) is 11.6 Å². The molecule has 2 atom stereocenters. The lowest BCUT2D eigenvalue weighted by Crippen LogP contribution is -2.59. The van der Waals surface area contributed by atoms with Gasteiger partial charge in [0.2, 0.25) is 0 Å². The van der Waals surface area contributed by atoms with Crippen molar-refractivity contribution in [3.63, 3.8) is 0 Å². The summed E-state index contributed by atoms with van der Waals surface area (Å²) in [5.41, 5.74) is 3.64. The number of allylic oxidation sites excluding steroid dienone is 1. The monoisotopic (exact) mass is 325 g/mol. The van der Waals surface area contributed by atoms with Crippen LogP contribution in [-0.2, 0) is 9.53 Å². The van der Waals surface area contributed by atoms with Gasteiger partial charge in [0.1, 0.15) is 17.5 Å². The van der Waals surface area contributed by atoms with E-state index in [1.165, 1.54) is 6.07 Å². The number of carbonyl (C=O) groups is 1. The summed E-state index contributed by atoms with van der Waals surface area (Å²) in [5.74, 6) is -0.165. The summed E-state index contributed by atoms with van der Waals surface area (Å²) in [4.78, 5) is 14.7. The van der Waals surface area contributed by atoms with Crippen LogP contribution in [0.25, 0.3) is 5.70 Å².